The minimum absolute atomic E-state index is 0.179. The molecule has 0 amide bonds. The summed E-state index contributed by atoms with van der Waals surface area (Å²) in [5.74, 6) is 1.30. The molecule has 0 radical (unpaired) electrons. The van der Waals surface area contributed by atoms with E-state index in [4.69, 9.17) is 0 Å². The molecule has 1 fully saturated rings. The first-order valence-corrected chi connectivity index (χ1v) is 5.09. The standard InChI is InChI=1S/C10H22N2/c1-8(2)10(9(3)4)11-6-5-7-12-10/h8-9,11-12H,5-7H2,1-4H3. The topological polar surface area (TPSA) is 24.1 Å². The molecule has 0 saturated carbocycles. The van der Waals surface area contributed by atoms with Crippen LogP contribution >= 0.6 is 0 Å². The Balaban J connectivity index is 2.70. The SMILES string of the molecule is CC(C)C1(C(C)C)NCCCN1. The van der Waals surface area contributed by atoms with Crippen molar-refractivity contribution in [3.8, 4) is 0 Å². The summed E-state index contributed by atoms with van der Waals surface area (Å²) in [5, 5.41) is 7.24. The van der Waals surface area contributed by atoms with Gasteiger partial charge in [0.2, 0.25) is 0 Å². The fourth-order valence-corrected chi connectivity index (χ4v) is 2.22. The Hall–Kier alpha value is -0.0800. The van der Waals surface area contributed by atoms with Crippen LogP contribution in [-0.2, 0) is 0 Å². The highest BCUT2D eigenvalue weighted by atomic mass is 15.2. The van der Waals surface area contributed by atoms with Crippen molar-refractivity contribution < 1.29 is 0 Å². The molecule has 2 N–H and O–H groups in total. The zero-order chi connectivity index (χ0) is 9.19. The van der Waals surface area contributed by atoms with Crippen LogP contribution < -0.4 is 10.6 Å². The molecular formula is C10H22N2. The molecule has 0 atom stereocenters. The Morgan fingerprint density at radius 1 is 0.917 bits per heavy atom. The van der Waals surface area contributed by atoms with Gasteiger partial charge < -0.3 is 0 Å². The molecule has 2 heteroatoms. The maximum absolute atomic E-state index is 3.62. The van der Waals surface area contributed by atoms with Crippen molar-refractivity contribution in [3.63, 3.8) is 0 Å². The van der Waals surface area contributed by atoms with Crippen LogP contribution in [0.2, 0.25) is 0 Å². The molecule has 72 valence electrons. The van der Waals surface area contributed by atoms with Gasteiger partial charge in [-0.1, -0.05) is 27.7 Å². The second-order valence-electron chi connectivity index (χ2n) is 4.39. The van der Waals surface area contributed by atoms with Crippen LogP contribution in [0.1, 0.15) is 34.1 Å². The molecule has 2 nitrogen and oxygen atoms in total. The van der Waals surface area contributed by atoms with Gasteiger partial charge in [-0.15, -0.1) is 0 Å². The number of rotatable bonds is 2. The fraction of sp³-hybridized carbons (Fsp3) is 1.00. The average Bonchev–Trinajstić information content (AvgIpc) is 2.05. The van der Waals surface area contributed by atoms with Crippen LogP contribution in [0.5, 0.6) is 0 Å². The molecule has 0 aromatic heterocycles. The predicted molar refractivity (Wildman–Crippen MR) is 53.0 cm³/mol. The molecule has 0 aromatic carbocycles. The van der Waals surface area contributed by atoms with E-state index in [1.807, 2.05) is 0 Å². The summed E-state index contributed by atoms with van der Waals surface area (Å²) < 4.78 is 0. The van der Waals surface area contributed by atoms with Crippen molar-refractivity contribution in [1.82, 2.24) is 10.6 Å². The number of hydrogen-bond donors (Lipinski definition) is 2. The minimum Gasteiger partial charge on any atom is -0.299 e. The maximum atomic E-state index is 3.62. The van der Waals surface area contributed by atoms with E-state index in [-0.39, 0.29) is 5.66 Å². The lowest BCUT2D eigenvalue weighted by Gasteiger charge is -2.46. The molecular weight excluding hydrogens is 148 g/mol. The molecule has 0 aromatic rings. The van der Waals surface area contributed by atoms with Crippen LogP contribution in [0.4, 0.5) is 0 Å². The lowest BCUT2D eigenvalue weighted by Crippen LogP contribution is -2.67. The van der Waals surface area contributed by atoms with E-state index in [1.54, 1.807) is 0 Å². The van der Waals surface area contributed by atoms with Crippen LogP contribution in [0.15, 0.2) is 0 Å². The van der Waals surface area contributed by atoms with Crippen molar-refractivity contribution in [2.75, 3.05) is 13.1 Å². The third kappa shape index (κ3) is 1.64. The van der Waals surface area contributed by atoms with Crippen molar-refractivity contribution in [3.05, 3.63) is 0 Å². The van der Waals surface area contributed by atoms with Crippen molar-refractivity contribution in [1.29, 1.82) is 0 Å². The highest BCUT2D eigenvalue weighted by Crippen LogP contribution is 2.24. The van der Waals surface area contributed by atoms with Gasteiger partial charge in [0.15, 0.2) is 0 Å². The van der Waals surface area contributed by atoms with Gasteiger partial charge in [0.25, 0.3) is 0 Å². The minimum atomic E-state index is 0.179. The highest BCUT2D eigenvalue weighted by molar-refractivity contribution is 4.93. The van der Waals surface area contributed by atoms with Gasteiger partial charge in [0.1, 0.15) is 0 Å². The summed E-state index contributed by atoms with van der Waals surface area (Å²) in [6.07, 6.45) is 1.25. The second-order valence-corrected chi connectivity index (χ2v) is 4.39. The Bertz CT molecular complexity index is 125. The van der Waals surface area contributed by atoms with E-state index in [2.05, 4.69) is 38.3 Å². The fourth-order valence-electron chi connectivity index (χ4n) is 2.22. The van der Waals surface area contributed by atoms with Gasteiger partial charge in [-0.05, 0) is 31.3 Å². The molecule has 0 aliphatic carbocycles. The predicted octanol–water partition coefficient (Wildman–Crippen LogP) is 1.58. The van der Waals surface area contributed by atoms with Gasteiger partial charge in [0.05, 0.1) is 5.66 Å². The number of hydrogen-bond acceptors (Lipinski definition) is 2. The second kappa shape index (κ2) is 3.75. The molecule has 1 heterocycles. The molecule has 0 bridgehead atoms. The summed E-state index contributed by atoms with van der Waals surface area (Å²) in [4.78, 5) is 0. The average molecular weight is 170 g/mol. The zero-order valence-corrected chi connectivity index (χ0v) is 8.78. The largest absolute Gasteiger partial charge is 0.299 e. The molecule has 12 heavy (non-hydrogen) atoms. The first kappa shape index (κ1) is 10.0. The molecule has 1 saturated heterocycles. The van der Waals surface area contributed by atoms with Gasteiger partial charge in [-0.2, -0.15) is 0 Å². The first-order valence-electron chi connectivity index (χ1n) is 5.09. The summed E-state index contributed by atoms with van der Waals surface area (Å²) in [7, 11) is 0. The Morgan fingerprint density at radius 3 is 1.58 bits per heavy atom. The van der Waals surface area contributed by atoms with E-state index >= 15 is 0 Å². The van der Waals surface area contributed by atoms with Crippen LogP contribution in [0, 0.1) is 11.8 Å². The van der Waals surface area contributed by atoms with Crippen molar-refractivity contribution >= 4 is 0 Å². The molecule has 0 spiro atoms. The summed E-state index contributed by atoms with van der Waals surface area (Å²) in [6, 6.07) is 0. The van der Waals surface area contributed by atoms with Gasteiger partial charge in [0, 0.05) is 0 Å². The van der Waals surface area contributed by atoms with E-state index in [9.17, 15) is 0 Å². The summed E-state index contributed by atoms with van der Waals surface area (Å²) in [6.45, 7) is 11.4. The summed E-state index contributed by atoms with van der Waals surface area (Å²) >= 11 is 0. The first-order chi connectivity index (χ1) is 5.59. The van der Waals surface area contributed by atoms with Crippen LogP contribution in [0.25, 0.3) is 0 Å². The van der Waals surface area contributed by atoms with Gasteiger partial charge >= 0.3 is 0 Å². The van der Waals surface area contributed by atoms with E-state index in [0.717, 1.165) is 13.1 Å². The van der Waals surface area contributed by atoms with Gasteiger partial charge in [-0.25, -0.2) is 0 Å². The Kier molecular flexibility index (Phi) is 3.13. The lowest BCUT2D eigenvalue weighted by atomic mass is 9.83. The third-order valence-electron chi connectivity index (χ3n) is 3.01. The zero-order valence-electron chi connectivity index (χ0n) is 8.78. The molecule has 0 unspecified atom stereocenters. The lowest BCUT2D eigenvalue weighted by molar-refractivity contribution is 0.0972. The third-order valence-corrected chi connectivity index (χ3v) is 3.01. The van der Waals surface area contributed by atoms with Crippen molar-refractivity contribution in [2.24, 2.45) is 11.8 Å². The highest BCUT2D eigenvalue weighted by Gasteiger charge is 2.37. The smallest absolute Gasteiger partial charge is 0.0734 e. The van der Waals surface area contributed by atoms with E-state index in [1.165, 1.54) is 6.42 Å². The molecule has 1 rings (SSSR count). The van der Waals surface area contributed by atoms with E-state index < -0.39 is 0 Å². The quantitative estimate of drug-likeness (QED) is 0.657. The summed E-state index contributed by atoms with van der Waals surface area (Å²) in [5.41, 5.74) is 0.179. The van der Waals surface area contributed by atoms with E-state index in [0.29, 0.717) is 11.8 Å². The Morgan fingerprint density at radius 2 is 1.33 bits per heavy atom. The van der Waals surface area contributed by atoms with Crippen LogP contribution in [-0.4, -0.2) is 18.8 Å². The Labute approximate surface area is 76.1 Å². The van der Waals surface area contributed by atoms with Crippen molar-refractivity contribution in [2.45, 2.75) is 39.8 Å². The molecule has 1 aliphatic heterocycles. The maximum Gasteiger partial charge on any atom is 0.0734 e. The van der Waals surface area contributed by atoms with Gasteiger partial charge in [-0.3, -0.25) is 10.6 Å². The normalized spacial score (nSPS) is 23.5. The molecule has 1 aliphatic rings. The van der Waals surface area contributed by atoms with Crippen LogP contribution in [0.3, 0.4) is 0 Å². The monoisotopic (exact) mass is 170 g/mol. The number of nitrogens with one attached hydrogen (secondary N) is 2.